The Morgan fingerprint density at radius 3 is 2.92 bits per heavy atom. The van der Waals surface area contributed by atoms with Crippen molar-refractivity contribution in [2.75, 3.05) is 12.4 Å². The number of rotatable bonds is 5. The molecule has 13 heavy (non-hydrogen) atoms. The summed E-state index contributed by atoms with van der Waals surface area (Å²) in [6, 6.07) is 1.92. The van der Waals surface area contributed by atoms with E-state index in [9.17, 15) is 0 Å². The smallest absolute Gasteiger partial charge is 0.116 e. The summed E-state index contributed by atoms with van der Waals surface area (Å²) in [5.74, 6) is 2.22. The average Bonchev–Trinajstić information content (AvgIpc) is 2.52. The van der Waals surface area contributed by atoms with Crippen LogP contribution >= 0.6 is 11.8 Å². The van der Waals surface area contributed by atoms with Crippen molar-refractivity contribution in [2.45, 2.75) is 18.8 Å². The van der Waals surface area contributed by atoms with Crippen LogP contribution in [-0.4, -0.2) is 28.7 Å². The van der Waals surface area contributed by atoms with Crippen molar-refractivity contribution >= 4 is 11.8 Å². The molecule has 0 spiro atoms. The lowest BCUT2D eigenvalue weighted by molar-refractivity contribution is 0.113. The van der Waals surface area contributed by atoms with E-state index in [2.05, 4.69) is 0 Å². The quantitative estimate of drug-likeness (QED) is 0.752. The monoisotopic (exact) mass is 202 g/mol. The zero-order valence-electron chi connectivity index (χ0n) is 7.56. The van der Waals surface area contributed by atoms with Gasteiger partial charge in [0, 0.05) is 5.75 Å². The molecule has 1 heterocycles. The molecule has 0 aromatic carbocycles. The van der Waals surface area contributed by atoms with Gasteiger partial charge in [-0.1, -0.05) is 0 Å². The molecule has 0 aliphatic carbocycles. The number of aliphatic hydroxyl groups is 2. The Labute approximate surface area is 81.8 Å². The molecule has 1 aromatic rings. The molecular weight excluding hydrogens is 188 g/mol. The van der Waals surface area contributed by atoms with Gasteiger partial charge in [0.05, 0.1) is 24.7 Å². The van der Waals surface area contributed by atoms with Crippen molar-refractivity contribution in [1.82, 2.24) is 0 Å². The highest BCUT2D eigenvalue weighted by atomic mass is 32.2. The Kier molecular flexibility index (Phi) is 4.35. The molecule has 0 radical (unpaired) electrons. The van der Waals surface area contributed by atoms with E-state index in [-0.39, 0.29) is 6.61 Å². The van der Waals surface area contributed by atoms with Crippen molar-refractivity contribution in [1.29, 1.82) is 0 Å². The standard InChI is InChI=1S/C9H14O3S/c1-7-2-3-12-9(7)6-13-5-8(11)4-10/h2-3,8,10-11H,4-6H2,1H3. The van der Waals surface area contributed by atoms with E-state index in [1.165, 1.54) is 0 Å². The lowest BCUT2D eigenvalue weighted by Gasteiger charge is -2.05. The topological polar surface area (TPSA) is 53.6 Å². The molecule has 4 heteroatoms. The van der Waals surface area contributed by atoms with Gasteiger partial charge in [0.25, 0.3) is 0 Å². The van der Waals surface area contributed by atoms with Crippen LogP contribution in [0, 0.1) is 6.92 Å². The molecule has 1 aromatic heterocycles. The minimum Gasteiger partial charge on any atom is -0.468 e. The zero-order chi connectivity index (χ0) is 9.68. The molecule has 0 fully saturated rings. The third-order valence-corrected chi connectivity index (χ3v) is 2.81. The van der Waals surface area contributed by atoms with E-state index in [0.717, 1.165) is 17.1 Å². The summed E-state index contributed by atoms with van der Waals surface area (Å²) in [6.45, 7) is 1.81. The van der Waals surface area contributed by atoms with Crippen LogP contribution in [0.25, 0.3) is 0 Å². The van der Waals surface area contributed by atoms with E-state index in [1.54, 1.807) is 18.0 Å². The van der Waals surface area contributed by atoms with Crippen LogP contribution in [0.1, 0.15) is 11.3 Å². The molecule has 3 nitrogen and oxygen atoms in total. The largest absolute Gasteiger partial charge is 0.468 e. The van der Waals surface area contributed by atoms with Gasteiger partial charge in [0.1, 0.15) is 5.76 Å². The van der Waals surface area contributed by atoms with Gasteiger partial charge in [0.15, 0.2) is 0 Å². The van der Waals surface area contributed by atoms with Gasteiger partial charge in [-0.15, -0.1) is 0 Å². The summed E-state index contributed by atoms with van der Waals surface area (Å²) in [5, 5.41) is 17.6. The first-order chi connectivity index (χ1) is 6.24. The Bertz CT molecular complexity index is 247. The highest BCUT2D eigenvalue weighted by Crippen LogP contribution is 2.17. The zero-order valence-corrected chi connectivity index (χ0v) is 8.38. The maximum absolute atomic E-state index is 9.05. The van der Waals surface area contributed by atoms with Crippen LogP contribution in [0.2, 0.25) is 0 Å². The molecular formula is C9H14O3S. The normalized spacial score (nSPS) is 13.2. The summed E-state index contributed by atoms with van der Waals surface area (Å²) in [4.78, 5) is 0. The first kappa shape index (κ1) is 10.6. The van der Waals surface area contributed by atoms with E-state index in [4.69, 9.17) is 14.6 Å². The second-order valence-corrected chi connectivity index (χ2v) is 3.91. The molecule has 74 valence electrons. The SMILES string of the molecule is Cc1ccoc1CSCC(O)CO. The highest BCUT2D eigenvalue weighted by molar-refractivity contribution is 7.98. The predicted octanol–water partition coefficient (Wildman–Crippen LogP) is 1.17. The maximum atomic E-state index is 9.05. The van der Waals surface area contributed by atoms with Crippen LogP contribution in [0.4, 0.5) is 0 Å². The van der Waals surface area contributed by atoms with Gasteiger partial charge in [-0.3, -0.25) is 0 Å². The average molecular weight is 202 g/mol. The molecule has 1 unspecified atom stereocenters. The number of furan rings is 1. The van der Waals surface area contributed by atoms with Crippen molar-refractivity contribution < 1.29 is 14.6 Å². The van der Waals surface area contributed by atoms with Gasteiger partial charge in [-0.25, -0.2) is 0 Å². The molecule has 1 atom stereocenters. The van der Waals surface area contributed by atoms with Gasteiger partial charge in [0.2, 0.25) is 0 Å². The van der Waals surface area contributed by atoms with E-state index >= 15 is 0 Å². The fourth-order valence-electron chi connectivity index (χ4n) is 0.892. The minimum atomic E-state index is -0.625. The Morgan fingerprint density at radius 2 is 2.38 bits per heavy atom. The Balaban J connectivity index is 2.24. The molecule has 0 aliphatic rings. The summed E-state index contributed by atoms with van der Waals surface area (Å²) in [7, 11) is 0. The fraction of sp³-hybridized carbons (Fsp3) is 0.556. The first-order valence-electron chi connectivity index (χ1n) is 4.13. The first-order valence-corrected chi connectivity index (χ1v) is 5.29. The molecule has 1 rings (SSSR count). The predicted molar refractivity (Wildman–Crippen MR) is 52.7 cm³/mol. The number of thioether (sulfide) groups is 1. The molecule has 0 bridgehead atoms. The third kappa shape index (κ3) is 3.42. The van der Waals surface area contributed by atoms with Gasteiger partial charge in [-0.05, 0) is 18.6 Å². The maximum Gasteiger partial charge on any atom is 0.116 e. The van der Waals surface area contributed by atoms with Gasteiger partial charge < -0.3 is 14.6 Å². The lowest BCUT2D eigenvalue weighted by Crippen LogP contribution is -2.14. The van der Waals surface area contributed by atoms with Crippen molar-refractivity contribution in [3.8, 4) is 0 Å². The number of hydrogen-bond donors (Lipinski definition) is 2. The fourth-order valence-corrected chi connectivity index (χ4v) is 1.87. The van der Waals surface area contributed by atoms with Crippen LogP contribution in [0.15, 0.2) is 16.7 Å². The summed E-state index contributed by atoms with van der Waals surface area (Å²) < 4.78 is 5.21. The van der Waals surface area contributed by atoms with Crippen molar-refractivity contribution in [3.05, 3.63) is 23.7 Å². The van der Waals surface area contributed by atoms with Crippen LogP contribution < -0.4 is 0 Å². The second kappa shape index (κ2) is 5.32. The number of aliphatic hydroxyl groups excluding tert-OH is 2. The van der Waals surface area contributed by atoms with Gasteiger partial charge in [-0.2, -0.15) is 11.8 Å². The molecule has 0 aliphatic heterocycles. The Hall–Kier alpha value is -0.450. The summed E-state index contributed by atoms with van der Waals surface area (Å²) in [5.41, 5.74) is 1.13. The van der Waals surface area contributed by atoms with Crippen molar-refractivity contribution in [2.24, 2.45) is 0 Å². The summed E-state index contributed by atoms with van der Waals surface area (Å²) in [6.07, 6.45) is 1.04. The van der Waals surface area contributed by atoms with E-state index in [0.29, 0.717) is 5.75 Å². The van der Waals surface area contributed by atoms with E-state index < -0.39 is 6.10 Å². The molecule has 0 saturated carbocycles. The van der Waals surface area contributed by atoms with Crippen molar-refractivity contribution in [3.63, 3.8) is 0 Å². The third-order valence-electron chi connectivity index (χ3n) is 1.72. The summed E-state index contributed by atoms with van der Waals surface area (Å²) >= 11 is 1.55. The highest BCUT2D eigenvalue weighted by Gasteiger charge is 2.05. The molecule has 0 saturated heterocycles. The van der Waals surface area contributed by atoms with E-state index in [1.807, 2.05) is 13.0 Å². The van der Waals surface area contributed by atoms with Crippen LogP contribution in [0.5, 0.6) is 0 Å². The lowest BCUT2D eigenvalue weighted by atomic mass is 10.3. The van der Waals surface area contributed by atoms with Gasteiger partial charge >= 0.3 is 0 Å². The Morgan fingerprint density at radius 1 is 1.62 bits per heavy atom. The van der Waals surface area contributed by atoms with Crippen LogP contribution in [-0.2, 0) is 5.75 Å². The molecule has 2 N–H and O–H groups in total. The van der Waals surface area contributed by atoms with Crippen LogP contribution in [0.3, 0.4) is 0 Å². The molecule has 0 amide bonds. The number of aryl methyl sites for hydroxylation is 1. The minimum absolute atomic E-state index is 0.176. The second-order valence-electron chi connectivity index (χ2n) is 2.88. The number of hydrogen-bond acceptors (Lipinski definition) is 4.